The van der Waals surface area contributed by atoms with E-state index in [0.717, 1.165) is 50.4 Å². The molecule has 9 heteroatoms. The number of rotatable bonds is 11. The molecule has 0 aliphatic rings. The highest BCUT2D eigenvalue weighted by molar-refractivity contribution is 7.80. The highest BCUT2D eigenvalue weighted by Gasteiger charge is 2.21. The Bertz CT molecular complexity index is 1990. The molecule has 1 amide bonds. The SMILES string of the molecule is N=C(N)c1ccc(CCc2nc3cc(C(=O)N(Cc4ccc(CN)cc4)c4cccnc4)ccc3n2Cc2ccccc2S)cc1. The van der Waals surface area contributed by atoms with Crippen molar-refractivity contribution in [1.82, 2.24) is 14.5 Å². The van der Waals surface area contributed by atoms with E-state index in [9.17, 15) is 4.79 Å². The van der Waals surface area contributed by atoms with Crippen molar-refractivity contribution >= 4 is 41.1 Å². The van der Waals surface area contributed by atoms with Crippen molar-refractivity contribution in [3.8, 4) is 0 Å². The van der Waals surface area contributed by atoms with Gasteiger partial charge < -0.3 is 20.9 Å². The van der Waals surface area contributed by atoms with Crippen LogP contribution in [0.2, 0.25) is 0 Å². The first-order valence-corrected chi connectivity index (χ1v) is 15.5. The van der Waals surface area contributed by atoms with E-state index in [-0.39, 0.29) is 11.7 Å². The number of imidazole rings is 1. The first-order valence-electron chi connectivity index (χ1n) is 15.1. The molecule has 0 atom stereocenters. The number of nitrogens with zero attached hydrogens (tertiary/aromatic N) is 4. The van der Waals surface area contributed by atoms with Gasteiger partial charge in [0, 0.05) is 35.2 Å². The second-order valence-electron chi connectivity index (χ2n) is 11.2. The van der Waals surface area contributed by atoms with Gasteiger partial charge >= 0.3 is 0 Å². The molecule has 0 fully saturated rings. The van der Waals surface area contributed by atoms with Crippen LogP contribution < -0.4 is 16.4 Å². The van der Waals surface area contributed by atoms with E-state index < -0.39 is 0 Å². The summed E-state index contributed by atoms with van der Waals surface area (Å²) in [7, 11) is 0. The molecule has 0 aliphatic carbocycles. The Balaban J connectivity index is 1.34. The summed E-state index contributed by atoms with van der Waals surface area (Å²) < 4.78 is 2.21. The van der Waals surface area contributed by atoms with Gasteiger partial charge in [-0.3, -0.25) is 15.2 Å². The van der Waals surface area contributed by atoms with Gasteiger partial charge in [0.15, 0.2) is 0 Å². The normalized spacial score (nSPS) is 11.1. The van der Waals surface area contributed by atoms with Gasteiger partial charge in [0.05, 0.1) is 36.0 Å². The number of amides is 1. The van der Waals surface area contributed by atoms with Gasteiger partial charge in [-0.25, -0.2) is 4.98 Å². The lowest BCUT2D eigenvalue weighted by Crippen LogP contribution is -2.30. The molecule has 8 nitrogen and oxygen atoms in total. The maximum Gasteiger partial charge on any atom is 0.258 e. The smallest absolute Gasteiger partial charge is 0.258 e. The van der Waals surface area contributed by atoms with Crippen LogP contribution in [-0.2, 0) is 32.5 Å². The van der Waals surface area contributed by atoms with Crippen molar-refractivity contribution in [1.29, 1.82) is 5.41 Å². The number of hydrogen-bond donors (Lipinski definition) is 4. The van der Waals surface area contributed by atoms with Crippen molar-refractivity contribution in [2.24, 2.45) is 11.5 Å². The van der Waals surface area contributed by atoms with Gasteiger partial charge in [0.2, 0.25) is 0 Å². The second-order valence-corrected chi connectivity index (χ2v) is 11.7. The molecular formula is C37H35N7OS. The van der Waals surface area contributed by atoms with Crippen molar-refractivity contribution in [2.75, 3.05) is 4.90 Å². The van der Waals surface area contributed by atoms with Gasteiger partial charge in [0.25, 0.3) is 5.91 Å². The van der Waals surface area contributed by atoms with E-state index in [2.05, 4.69) is 15.6 Å². The highest BCUT2D eigenvalue weighted by atomic mass is 32.1. The molecule has 6 rings (SSSR count). The Kier molecular flexibility index (Phi) is 9.23. The Morgan fingerprint density at radius 2 is 1.57 bits per heavy atom. The fraction of sp³-hybridized carbons (Fsp3) is 0.135. The molecule has 0 unspecified atom stereocenters. The van der Waals surface area contributed by atoms with Gasteiger partial charge in [-0.15, -0.1) is 12.6 Å². The lowest BCUT2D eigenvalue weighted by Gasteiger charge is -2.23. The molecule has 2 heterocycles. The second kappa shape index (κ2) is 13.8. The van der Waals surface area contributed by atoms with E-state index in [1.54, 1.807) is 17.3 Å². The standard InChI is InChI=1S/C37H35N7OS/c38-21-26-7-9-27(10-8-26)23-43(31-5-3-19-41-22-31)37(45)29-16-17-33-32(20-29)42-35(44(33)24-30-4-1-2-6-34(30)46)18-13-25-11-14-28(15-12-25)36(39)40/h1-12,14-17,19-20,22,46H,13,18,21,23-24,38H2,(H3,39,40). The molecule has 0 bridgehead atoms. The topological polar surface area (TPSA) is 127 Å². The van der Waals surface area contributed by atoms with Crippen LogP contribution in [0.3, 0.4) is 0 Å². The molecule has 46 heavy (non-hydrogen) atoms. The number of pyridine rings is 1. The summed E-state index contributed by atoms with van der Waals surface area (Å²) >= 11 is 4.70. The molecular weight excluding hydrogens is 591 g/mol. The third kappa shape index (κ3) is 6.86. The van der Waals surface area contributed by atoms with Crippen LogP contribution >= 0.6 is 12.6 Å². The summed E-state index contributed by atoms with van der Waals surface area (Å²) in [6.07, 6.45) is 4.85. The highest BCUT2D eigenvalue weighted by Crippen LogP contribution is 2.26. The average molecular weight is 626 g/mol. The van der Waals surface area contributed by atoms with E-state index in [1.165, 1.54) is 0 Å². The zero-order chi connectivity index (χ0) is 32.0. The van der Waals surface area contributed by atoms with E-state index >= 15 is 0 Å². The van der Waals surface area contributed by atoms with E-state index in [4.69, 9.17) is 34.5 Å². The lowest BCUT2D eigenvalue weighted by molar-refractivity contribution is 0.0985. The predicted molar refractivity (Wildman–Crippen MR) is 186 cm³/mol. The lowest BCUT2D eigenvalue weighted by atomic mass is 10.1. The fourth-order valence-corrected chi connectivity index (χ4v) is 5.75. The van der Waals surface area contributed by atoms with Gasteiger partial charge in [-0.05, 0) is 65.1 Å². The van der Waals surface area contributed by atoms with Gasteiger partial charge in [-0.2, -0.15) is 0 Å². The molecule has 5 N–H and O–H groups in total. The number of carbonyl (C=O) groups is 1. The molecule has 6 aromatic rings. The van der Waals surface area contributed by atoms with Crippen molar-refractivity contribution < 1.29 is 4.79 Å². The number of carbonyl (C=O) groups excluding carboxylic acids is 1. The molecule has 2 aromatic heterocycles. The summed E-state index contributed by atoms with van der Waals surface area (Å²) in [4.78, 5) is 26.1. The Morgan fingerprint density at radius 3 is 2.26 bits per heavy atom. The van der Waals surface area contributed by atoms with Crippen molar-refractivity contribution in [3.05, 3.63) is 155 Å². The maximum absolute atomic E-state index is 14.1. The quantitative estimate of drug-likeness (QED) is 0.0781. The number of amidine groups is 1. The van der Waals surface area contributed by atoms with Crippen LogP contribution in [0.25, 0.3) is 11.0 Å². The summed E-state index contributed by atoms with van der Waals surface area (Å²) in [5, 5.41) is 7.67. The van der Waals surface area contributed by atoms with Crippen LogP contribution in [0.15, 0.2) is 120 Å². The minimum Gasteiger partial charge on any atom is -0.384 e. The third-order valence-electron chi connectivity index (χ3n) is 8.10. The Labute approximate surface area is 273 Å². The molecule has 0 saturated heterocycles. The zero-order valence-electron chi connectivity index (χ0n) is 25.3. The van der Waals surface area contributed by atoms with E-state index in [0.29, 0.717) is 42.9 Å². The number of nitrogen functional groups attached to an aromatic ring is 1. The molecule has 4 aromatic carbocycles. The molecule has 0 spiro atoms. The monoisotopic (exact) mass is 625 g/mol. The molecule has 0 saturated carbocycles. The number of thiol groups is 1. The van der Waals surface area contributed by atoms with Crippen molar-refractivity contribution in [2.45, 2.75) is 37.4 Å². The molecule has 0 radical (unpaired) electrons. The number of aryl methyl sites for hydroxylation is 2. The van der Waals surface area contributed by atoms with Gasteiger partial charge in [-0.1, -0.05) is 66.7 Å². The van der Waals surface area contributed by atoms with Crippen LogP contribution in [0.1, 0.15) is 44.0 Å². The summed E-state index contributed by atoms with van der Waals surface area (Å²) in [5.74, 6) is 0.826. The van der Waals surface area contributed by atoms with Crippen LogP contribution in [0, 0.1) is 5.41 Å². The van der Waals surface area contributed by atoms with Crippen LogP contribution in [0.5, 0.6) is 0 Å². The Morgan fingerprint density at radius 1 is 0.848 bits per heavy atom. The summed E-state index contributed by atoms with van der Waals surface area (Å²) in [6.45, 7) is 1.45. The van der Waals surface area contributed by atoms with Crippen molar-refractivity contribution in [3.63, 3.8) is 0 Å². The van der Waals surface area contributed by atoms with Gasteiger partial charge in [0.1, 0.15) is 11.7 Å². The number of anilines is 1. The molecule has 0 aliphatic heterocycles. The summed E-state index contributed by atoms with van der Waals surface area (Å²) in [6, 6.07) is 33.2. The Hall–Kier alpha value is -5.25. The number of aromatic nitrogens is 3. The van der Waals surface area contributed by atoms with Crippen LogP contribution in [-0.4, -0.2) is 26.3 Å². The molecule has 230 valence electrons. The summed E-state index contributed by atoms with van der Waals surface area (Å²) in [5.41, 5.74) is 19.3. The minimum absolute atomic E-state index is 0.0516. The average Bonchev–Trinajstić information content (AvgIpc) is 3.44. The zero-order valence-corrected chi connectivity index (χ0v) is 26.2. The van der Waals surface area contributed by atoms with Crippen LogP contribution in [0.4, 0.5) is 5.69 Å². The third-order valence-corrected chi connectivity index (χ3v) is 8.53. The minimum atomic E-state index is -0.139. The number of nitrogens with one attached hydrogen (secondary N) is 1. The number of fused-ring (bicyclic) bond motifs is 1. The predicted octanol–water partition coefficient (Wildman–Crippen LogP) is 6.14. The van der Waals surface area contributed by atoms with E-state index in [1.807, 2.05) is 97.1 Å². The first kappa shape index (κ1) is 30.8. The number of hydrogen-bond acceptors (Lipinski definition) is 6. The maximum atomic E-state index is 14.1. The fourth-order valence-electron chi connectivity index (χ4n) is 5.51. The number of nitrogens with two attached hydrogens (primary N) is 2. The number of benzene rings is 4. The largest absolute Gasteiger partial charge is 0.384 e. The first-order chi connectivity index (χ1) is 22.4.